The SMILES string of the molecule is CC(=NC(CCl)=C(C)C)c1ccccc1C. The molecule has 0 N–H and O–H groups in total. The molecule has 0 unspecified atom stereocenters. The quantitative estimate of drug-likeness (QED) is 0.546. The molecule has 1 aromatic rings. The van der Waals surface area contributed by atoms with E-state index in [1.807, 2.05) is 32.9 Å². The number of alkyl halides is 1. The molecule has 0 atom stereocenters. The van der Waals surface area contributed by atoms with Crippen molar-refractivity contribution in [1.82, 2.24) is 0 Å². The molecule has 0 aliphatic carbocycles. The summed E-state index contributed by atoms with van der Waals surface area (Å²) >= 11 is 5.87. The topological polar surface area (TPSA) is 12.4 Å². The lowest BCUT2D eigenvalue weighted by Crippen LogP contribution is -1.99. The van der Waals surface area contributed by atoms with Crippen LogP contribution < -0.4 is 0 Å². The number of benzene rings is 1. The Morgan fingerprint density at radius 2 is 1.81 bits per heavy atom. The maximum Gasteiger partial charge on any atom is 0.0646 e. The van der Waals surface area contributed by atoms with Gasteiger partial charge in [-0.1, -0.05) is 29.8 Å². The van der Waals surface area contributed by atoms with Crippen LogP contribution in [-0.2, 0) is 0 Å². The zero-order valence-electron chi connectivity index (χ0n) is 10.3. The first-order chi connectivity index (χ1) is 7.56. The molecule has 0 aliphatic heterocycles. The molecule has 1 rings (SSSR count). The van der Waals surface area contributed by atoms with Gasteiger partial charge in [0.1, 0.15) is 0 Å². The van der Waals surface area contributed by atoms with E-state index in [0.29, 0.717) is 5.88 Å². The van der Waals surface area contributed by atoms with Crippen molar-refractivity contribution in [2.75, 3.05) is 5.88 Å². The Hall–Kier alpha value is -1.08. The lowest BCUT2D eigenvalue weighted by Gasteiger charge is -2.06. The van der Waals surface area contributed by atoms with E-state index in [1.54, 1.807) is 0 Å². The molecule has 0 radical (unpaired) electrons. The number of aliphatic imine (C=N–C) groups is 1. The van der Waals surface area contributed by atoms with Crippen molar-refractivity contribution >= 4 is 17.3 Å². The molecule has 86 valence electrons. The highest BCUT2D eigenvalue weighted by Crippen LogP contribution is 2.13. The molecule has 2 heteroatoms. The van der Waals surface area contributed by atoms with Crippen molar-refractivity contribution in [3.05, 3.63) is 46.7 Å². The van der Waals surface area contributed by atoms with E-state index in [2.05, 4.69) is 24.0 Å². The van der Waals surface area contributed by atoms with Gasteiger partial charge in [0.2, 0.25) is 0 Å². The highest BCUT2D eigenvalue weighted by atomic mass is 35.5. The van der Waals surface area contributed by atoms with Gasteiger partial charge in [0.25, 0.3) is 0 Å². The first kappa shape index (κ1) is 13.0. The van der Waals surface area contributed by atoms with E-state index in [-0.39, 0.29) is 0 Å². The number of hydrogen-bond acceptors (Lipinski definition) is 1. The standard InChI is InChI=1S/C14H18ClN/c1-10(2)14(9-15)16-12(4)13-8-6-5-7-11(13)3/h5-8H,9H2,1-4H3. The number of nitrogens with zero attached hydrogens (tertiary/aromatic N) is 1. The third-order valence-electron chi connectivity index (χ3n) is 2.54. The third kappa shape index (κ3) is 3.21. The molecule has 0 heterocycles. The van der Waals surface area contributed by atoms with Gasteiger partial charge in [0.15, 0.2) is 0 Å². The fourth-order valence-electron chi connectivity index (χ4n) is 1.52. The molecule has 0 amide bonds. The Balaban J connectivity index is 3.12. The Morgan fingerprint density at radius 3 is 2.31 bits per heavy atom. The molecule has 0 aliphatic rings. The van der Waals surface area contributed by atoms with Crippen molar-refractivity contribution in [2.24, 2.45) is 4.99 Å². The van der Waals surface area contributed by atoms with Crippen molar-refractivity contribution in [3.8, 4) is 0 Å². The molecular formula is C14H18ClN. The minimum Gasteiger partial charge on any atom is -0.256 e. The molecule has 0 fully saturated rings. The predicted octanol–water partition coefficient (Wildman–Crippen LogP) is 4.34. The molecule has 1 aromatic carbocycles. The zero-order valence-corrected chi connectivity index (χ0v) is 11.1. The minimum atomic E-state index is 0.464. The first-order valence-corrected chi connectivity index (χ1v) is 5.93. The van der Waals surface area contributed by atoms with Gasteiger partial charge in [0.05, 0.1) is 11.6 Å². The van der Waals surface area contributed by atoms with E-state index in [1.165, 1.54) is 16.7 Å². The Morgan fingerprint density at radius 1 is 1.19 bits per heavy atom. The molecule has 0 saturated carbocycles. The Bertz CT molecular complexity index is 426. The monoisotopic (exact) mass is 235 g/mol. The summed E-state index contributed by atoms with van der Waals surface area (Å²) in [7, 11) is 0. The summed E-state index contributed by atoms with van der Waals surface area (Å²) < 4.78 is 0. The highest BCUT2D eigenvalue weighted by molar-refractivity contribution is 6.19. The highest BCUT2D eigenvalue weighted by Gasteiger charge is 2.02. The lowest BCUT2D eigenvalue weighted by molar-refractivity contribution is 1.19. The van der Waals surface area contributed by atoms with Gasteiger partial charge >= 0.3 is 0 Å². The van der Waals surface area contributed by atoms with Gasteiger partial charge in [-0.15, -0.1) is 11.6 Å². The van der Waals surface area contributed by atoms with E-state index in [0.717, 1.165) is 11.4 Å². The van der Waals surface area contributed by atoms with Gasteiger partial charge in [-0.2, -0.15) is 0 Å². The maximum absolute atomic E-state index is 5.87. The molecule has 0 aromatic heterocycles. The van der Waals surface area contributed by atoms with Gasteiger partial charge < -0.3 is 0 Å². The zero-order chi connectivity index (χ0) is 12.1. The average Bonchev–Trinajstić information content (AvgIpc) is 2.25. The molecule has 0 spiro atoms. The summed E-state index contributed by atoms with van der Waals surface area (Å²) in [5, 5.41) is 0. The number of allylic oxidation sites excluding steroid dienone is 2. The largest absolute Gasteiger partial charge is 0.256 e. The molecular weight excluding hydrogens is 218 g/mol. The van der Waals surface area contributed by atoms with Crippen LogP contribution in [0.4, 0.5) is 0 Å². The first-order valence-electron chi connectivity index (χ1n) is 5.40. The average molecular weight is 236 g/mol. The van der Waals surface area contributed by atoms with Gasteiger partial charge in [-0.25, -0.2) is 0 Å². The van der Waals surface area contributed by atoms with Gasteiger partial charge in [-0.3, -0.25) is 4.99 Å². The number of hydrogen-bond donors (Lipinski definition) is 0. The minimum absolute atomic E-state index is 0.464. The summed E-state index contributed by atoms with van der Waals surface area (Å²) in [5.41, 5.74) is 5.58. The number of rotatable bonds is 3. The van der Waals surface area contributed by atoms with Crippen LogP contribution in [-0.4, -0.2) is 11.6 Å². The van der Waals surface area contributed by atoms with E-state index >= 15 is 0 Å². The van der Waals surface area contributed by atoms with Crippen LogP contribution in [0.2, 0.25) is 0 Å². The summed E-state index contributed by atoms with van der Waals surface area (Å²) in [5.74, 6) is 0.464. The number of aryl methyl sites for hydroxylation is 1. The van der Waals surface area contributed by atoms with Gasteiger partial charge in [-0.05, 0) is 38.8 Å². The van der Waals surface area contributed by atoms with Crippen LogP contribution in [0.3, 0.4) is 0 Å². The summed E-state index contributed by atoms with van der Waals surface area (Å²) in [6.45, 7) is 8.19. The molecule has 0 saturated heterocycles. The predicted molar refractivity (Wildman–Crippen MR) is 72.5 cm³/mol. The van der Waals surface area contributed by atoms with Crippen LogP contribution in [0.1, 0.15) is 31.9 Å². The van der Waals surface area contributed by atoms with E-state index in [4.69, 9.17) is 11.6 Å². The summed E-state index contributed by atoms with van der Waals surface area (Å²) in [6.07, 6.45) is 0. The van der Waals surface area contributed by atoms with Crippen molar-refractivity contribution in [1.29, 1.82) is 0 Å². The second-order valence-electron chi connectivity index (χ2n) is 4.09. The van der Waals surface area contributed by atoms with Crippen molar-refractivity contribution in [2.45, 2.75) is 27.7 Å². The maximum atomic E-state index is 5.87. The normalized spacial score (nSPS) is 11.4. The van der Waals surface area contributed by atoms with Crippen LogP contribution in [0.15, 0.2) is 40.5 Å². The Kier molecular flexibility index (Phi) is 4.75. The van der Waals surface area contributed by atoms with Crippen LogP contribution in [0.5, 0.6) is 0 Å². The van der Waals surface area contributed by atoms with Crippen molar-refractivity contribution in [3.63, 3.8) is 0 Å². The second-order valence-corrected chi connectivity index (χ2v) is 4.36. The van der Waals surface area contributed by atoms with E-state index in [9.17, 15) is 0 Å². The van der Waals surface area contributed by atoms with Gasteiger partial charge in [0, 0.05) is 5.71 Å². The molecule has 16 heavy (non-hydrogen) atoms. The third-order valence-corrected chi connectivity index (χ3v) is 2.79. The fourth-order valence-corrected chi connectivity index (χ4v) is 1.84. The molecule has 1 nitrogen and oxygen atoms in total. The van der Waals surface area contributed by atoms with Crippen LogP contribution in [0.25, 0.3) is 0 Å². The second kappa shape index (κ2) is 5.86. The van der Waals surface area contributed by atoms with E-state index < -0.39 is 0 Å². The lowest BCUT2D eigenvalue weighted by atomic mass is 10.1. The smallest absolute Gasteiger partial charge is 0.0646 e. The van der Waals surface area contributed by atoms with Crippen molar-refractivity contribution < 1.29 is 0 Å². The summed E-state index contributed by atoms with van der Waals surface area (Å²) in [4.78, 5) is 4.59. The number of halogens is 1. The van der Waals surface area contributed by atoms with Crippen LogP contribution >= 0.6 is 11.6 Å². The van der Waals surface area contributed by atoms with Crippen LogP contribution in [0, 0.1) is 6.92 Å². The Labute approximate surface area is 103 Å². The summed E-state index contributed by atoms with van der Waals surface area (Å²) in [6, 6.07) is 8.25. The fraction of sp³-hybridized carbons (Fsp3) is 0.357. The molecule has 0 bridgehead atoms.